The largest absolute Gasteiger partial charge is 0.265 e. The van der Waals surface area contributed by atoms with Crippen LogP contribution >= 0.6 is 28.8 Å². The van der Waals surface area contributed by atoms with Crippen LogP contribution in [0.3, 0.4) is 0 Å². The Morgan fingerprint density at radius 1 is 0.652 bits per heavy atom. The molecule has 0 radical (unpaired) electrons. The van der Waals surface area contributed by atoms with E-state index in [0.29, 0.717) is 0 Å². The molecule has 0 saturated carbocycles. The van der Waals surface area contributed by atoms with Crippen molar-refractivity contribution in [2.45, 2.75) is 0 Å². The second-order valence-electron chi connectivity index (χ2n) is 3.36. The Balaban J connectivity index is 0.000000286. The minimum atomic E-state index is -1.92. The van der Waals surface area contributed by atoms with Crippen LogP contribution in [-0.4, -0.2) is 15.0 Å². The molecule has 0 aliphatic heterocycles. The third-order valence-corrected chi connectivity index (χ3v) is 1.76. The van der Waals surface area contributed by atoms with E-state index in [0.717, 1.165) is 0 Å². The van der Waals surface area contributed by atoms with E-state index in [4.69, 9.17) is 28.8 Å². The summed E-state index contributed by atoms with van der Waals surface area (Å²) in [5.74, 6) is -0.289. The van der Waals surface area contributed by atoms with Gasteiger partial charge in [0.2, 0.25) is 0 Å². The van der Waals surface area contributed by atoms with Crippen LogP contribution in [0.5, 0.6) is 0 Å². The van der Waals surface area contributed by atoms with Gasteiger partial charge in [-0.3, -0.25) is 15.0 Å². The summed E-state index contributed by atoms with van der Waals surface area (Å²) < 4.78 is 11.8. The second-order valence-corrected chi connectivity index (χ2v) is 13.7. The van der Waals surface area contributed by atoms with Gasteiger partial charge in [0.15, 0.2) is 0 Å². The van der Waals surface area contributed by atoms with Crippen LogP contribution in [0, 0.1) is 5.82 Å². The molecule has 0 unspecified atom stereocenters. The zero-order valence-corrected chi connectivity index (χ0v) is 16.4. The van der Waals surface area contributed by atoms with Gasteiger partial charge in [0.05, 0.1) is 6.20 Å². The molecule has 126 valence electrons. The molecule has 0 amide bonds. The number of pyridine rings is 3. The Morgan fingerprint density at radius 2 is 1.04 bits per heavy atom. The molecule has 3 aromatic rings. The summed E-state index contributed by atoms with van der Waals surface area (Å²) in [6.45, 7) is 0. The molecule has 3 aromatic heterocycles. The van der Waals surface area contributed by atoms with Crippen LogP contribution in [0.2, 0.25) is 0 Å². The summed E-state index contributed by atoms with van der Waals surface area (Å²) in [5, 5.41) is 0. The van der Waals surface area contributed by atoms with Gasteiger partial charge in [0.1, 0.15) is 5.82 Å². The summed E-state index contributed by atoms with van der Waals surface area (Å²) in [6, 6.07) is 14.3. The molecular weight excluding hydrogens is 540 g/mol. The Morgan fingerprint density at radius 3 is 1.17 bits per heavy atom. The van der Waals surface area contributed by atoms with Crippen molar-refractivity contribution < 1.29 is 17.8 Å². The molecule has 0 fully saturated rings. The Hall–Kier alpha value is -1.10. The number of hydrogen-bond acceptors (Lipinski definition) is 3. The quantitative estimate of drug-likeness (QED) is 0.372. The zero-order valence-electron chi connectivity index (χ0n) is 11.8. The average Bonchev–Trinajstić information content (AvgIpc) is 2.59. The first-order chi connectivity index (χ1) is 11.1. The molecule has 8 heteroatoms. The van der Waals surface area contributed by atoms with Gasteiger partial charge in [-0.2, -0.15) is 0 Å². The van der Waals surface area contributed by atoms with Gasteiger partial charge in [-0.25, -0.2) is 4.39 Å². The predicted octanol–water partition coefficient (Wildman–Crippen LogP) is 5.45. The minimum absolute atomic E-state index is 0.289. The van der Waals surface area contributed by atoms with Crippen molar-refractivity contribution in [3.8, 4) is 0 Å². The van der Waals surface area contributed by atoms with Crippen LogP contribution in [0.25, 0.3) is 0 Å². The molecule has 0 aliphatic carbocycles. The third-order valence-electron chi connectivity index (χ3n) is 1.76. The number of halogens is 4. The van der Waals surface area contributed by atoms with Crippen molar-refractivity contribution in [3.63, 3.8) is 0 Å². The van der Waals surface area contributed by atoms with E-state index in [9.17, 15) is 4.39 Å². The van der Waals surface area contributed by atoms with Crippen LogP contribution in [-0.2, 0) is 13.5 Å². The van der Waals surface area contributed by atoms with Crippen molar-refractivity contribution in [2.24, 2.45) is 0 Å². The fraction of sp³-hybridized carbons (Fsp3) is 0. The van der Waals surface area contributed by atoms with Gasteiger partial charge >= 0.3 is 42.2 Å². The molecule has 3 rings (SSSR count). The van der Waals surface area contributed by atoms with Gasteiger partial charge in [0, 0.05) is 31.0 Å². The summed E-state index contributed by atoms with van der Waals surface area (Å²) >= 11 is -1.92. The van der Waals surface area contributed by atoms with E-state index >= 15 is 0 Å². The van der Waals surface area contributed by atoms with Gasteiger partial charge < -0.3 is 0 Å². The van der Waals surface area contributed by atoms with Gasteiger partial charge in [-0.15, -0.1) is 0 Å². The van der Waals surface area contributed by atoms with Gasteiger partial charge in [-0.05, 0) is 36.4 Å². The van der Waals surface area contributed by atoms with E-state index in [1.54, 1.807) is 30.9 Å². The van der Waals surface area contributed by atoms with Crippen molar-refractivity contribution in [1.82, 2.24) is 15.0 Å². The first-order valence-electron chi connectivity index (χ1n) is 6.03. The standard InChI is InChI=1S/C5H4FN.2C5H5N.3ClH.Ir/c6-5-2-1-3-7-4-5;2*1-2-4-6-5-3-1;;;;/h1-4H;2*1-5H;3*1H;/q;;;;;;+3/p-3. The predicted molar refractivity (Wildman–Crippen MR) is 90.2 cm³/mol. The van der Waals surface area contributed by atoms with Crippen LogP contribution < -0.4 is 0 Å². The molecular formula is C15H14Cl3FIrN3. The number of nitrogens with zero attached hydrogens (tertiary/aromatic N) is 3. The van der Waals surface area contributed by atoms with Crippen molar-refractivity contribution >= 4 is 28.8 Å². The van der Waals surface area contributed by atoms with Crippen molar-refractivity contribution in [2.75, 3.05) is 0 Å². The maximum atomic E-state index is 11.8. The molecule has 0 spiro atoms. The number of hydrogen-bond donors (Lipinski definition) is 0. The number of rotatable bonds is 0. The van der Waals surface area contributed by atoms with Gasteiger partial charge in [-0.1, -0.05) is 12.1 Å². The summed E-state index contributed by atoms with van der Waals surface area (Å²) in [7, 11) is 14.9. The van der Waals surface area contributed by atoms with Crippen LogP contribution in [0.15, 0.2) is 85.7 Å². The molecule has 0 atom stereocenters. The maximum absolute atomic E-state index is 11.8. The van der Waals surface area contributed by atoms with E-state index < -0.39 is 13.5 Å². The Kier molecular flexibility index (Phi) is 16.4. The first-order valence-corrected chi connectivity index (χ1v) is 14.9. The minimum Gasteiger partial charge on any atom is -0.265 e. The Bertz CT molecular complexity index is 475. The van der Waals surface area contributed by atoms with E-state index in [2.05, 4.69) is 15.0 Å². The van der Waals surface area contributed by atoms with Crippen LogP contribution in [0.1, 0.15) is 0 Å². The molecule has 0 aliphatic rings. The summed E-state index contributed by atoms with van der Waals surface area (Å²) in [5.41, 5.74) is 0. The molecule has 0 bridgehead atoms. The smallest absolute Gasteiger partial charge is 0.0267 e. The topological polar surface area (TPSA) is 38.7 Å². The van der Waals surface area contributed by atoms with E-state index in [-0.39, 0.29) is 5.82 Å². The summed E-state index contributed by atoms with van der Waals surface area (Å²) in [4.78, 5) is 11.1. The molecule has 0 aromatic carbocycles. The van der Waals surface area contributed by atoms with Crippen molar-refractivity contribution in [3.05, 3.63) is 91.5 Å². The van der Waals surface area contributed by atoms with E-state index in [1.807, 2.05) is 36.4 Å². The average molecular weight is 554 g/mol. The molecule has 23 heavy (non-hydrogen) atoms. The molecule has 0 N–H and O–H groups in total. The normalized spacial score (nSPS) is 8.78. The van der Waals surface area contributed by atoms with E-state index in [1.165, 1.54) is 18.5 Å². The molecule has 3 nitrogen and oxygen atoms in total. The van der Waals surface area contributed by atoms with Gasteiger partial charge in [0.25, 0.3) is 0 Å². The zero-order chi connectivity index (χ0) is 17.2. The fourth-order valence-electron chi connectivity index (χ4n) is 0.967. The molecule has 3 heterocycles. The van der Waals surface area contributed by atoms with Crippen molar-refractivity contribution in [1.29, 1.82) is 0 Å². The second kappa shape index (κ2) is 17.3. The molecule has 0 saturated heterocycles. The SMILES string of the molecule is Fc1cccnc1.[Cl][Ir]([Cl])[Cl].c1ccncc1.c1ccncc1. The monoisotopic (exact) mass is 553 g/mol. The maximum Gasteiger partial charge on any atom is 0.0267 e. The summed E-state index contributed by atoms with van der Waals surface area (Å²) in [6.07, 6.45) is 9.70. The third kappa shape index (κ3) is 20.9. The Labute approximate surface area is 152 Å². The fourth-order valence-corrected chi connectivity index (χ4v) is 0.967. The first kappa shape index (κ1) is 21.9. The van der Waals surface area contributed by atoms with Crippen LogP contribution in [0.4, 0.5) is 4.39 Å². The number of aromatic nitrogens is 3.